The Morgan fingerprint density at radius 1 is 0.433 bits per heavy atom. The molecule has 0 saturated carbocycles. The monoisotopic (exact) mass is 788 g/mol. The van der Waals surface area contributed by atoms with Crippen LogP contribution >= 0.6 is 0 Å². The molecular weight excluding hydrogens is 757 g/mol. The van der Waals surface area contributed by atoms with Crippen molar-refractivity contribution in [1.82, 2.24) is 19.1 Å². The SMILES string of the molecule is O=S1(=O)c2ccccc2C2(c3ccccc3-n3c4ccccc4c4cccc2c43)c2c1ccc1c2c2ccccc2n1-c1nc(-c2ccccc2)cc(-c2ccccc2)n1. The minimum absolute atomic E-state index is 0.303. The Labute approximate surface area is 345 Å². The van der Waals surface area contributed by atoms with Crippen molar-refractivity contribution in [2.75, 3.05) is 0 Å². The fourth-order valence-corrected chi connectivity index (χ4v) is 12.2. The number of nitrogens with zero attached hydrogens (tertiary/aromatic N) is 4. The van der Waals surface area contributed by atoms with E-state index in [0.29, 0.717) is 15.7 Å². The molecular formula is C53H32N4O2S. The van der Waals surface area contributed by atoms with E-state index in [1.165, 1.54) is 0 Å². The molecule has 13 rings (SSSR count). The van der Waals surface area contributed by atoms with E-state index in [4.69, 9.17) is 9.97 Å². The topological polar surface area (TPSA) is 69.8 Å². The number of rotatable bonds is 3. The first-order valence-electron chi connectivity index (χ1n) is 20.1. The Morgan fingerprint density at radius 3 is 1.73 bits per heavy atom. The zero-order valence-corrected chi connectivity index (χ0v) is 32.8. The molecule has 0 amide bonds. The van der Waals surface area contributed by atoms with Gasteiger partial charge in [0.2, 0.25) is 15.8 Å². The minimum atomic E-state index is -4.00. The normalized spacial score (nSPS) is 16.0. The van der Waals surface area contributed by atoms with Gasteiger partial charge in [0.15, 0.2) is 0 Å². The lowest BCUT2D eigenvalue weighted by Crippen LogP contribution is -2.40. The predicted octanol–water partition coefficient (Wildman–Crippen LogP) is 11.8. The van der Waals surface area contributed by atoms with Crippen LogP contribution in [0.4, 0.5) is 0 Å². The average Bonchev–Trinajstić information content (AvgIpc) is 3.83. The van der Waals surface area contributed by atoms with Crippen molar-refractivity contribution in [1.29, 1.82) is 0 Å². The molecule has 8 aromatic carbocycles. The van der Waals surface area contributed by atoms with Gasteiger partial charge in [-0.1, -0.05) is 152 Å². The van der Waals surface area contributed by atoms with Crippen LogP contribution in [0.3, 0.4) is 0 Å². The van der Waals surface area contributed by atoms with Crippen LogP contribution in [0.15, 0.2) is 204 Å². The van der Waals surface area contributed by atoms with Crippen molar-refractivity contribution < 1.29 is 8.42 Å². The molecule has 2 aliphatic rings. The predicted molar refractivity (Wildman–Crippen MR) is 239 cm³/mol. The lowest BCUT2D eigenvalue weighted by atomic mass is 9.62. The van der Waals surface area contributed by atoms with Crippen LogP contribution in [0.1, 0.15) is 22.3 Å². The van der Waals surface area contributed by atoms with Gasteiger partial charge in [-0.05, 0) is 59.2 Å². The summed E-state index contributed by atoms with van der Waals surface area (Å²) in [4.78, 5) is 11.2. The van der Waals surface area contributed by atoms with Gasteiger partial charge in [-0.25, -0.2) is 18.4 Å². The summed E-state index contributed by atoms with van der Waals surface area (Å²) in [6, 6.07) is 65.7. The zero-order chi connectivity index (χ0) is 39.7. The van der Waals surface area contributed by atoms with E-state index < -0.39 is 15.3 Å². The Balaban J connectivity index is 1.24. The zero-order valence-electron chi connectivity index (χ0n) is 32.0. The number of fused-ring (bicyclic) bond motifs is 15. The first kappa shape index (κ1) is 33.4. The van der Waals surface area contributed by atoms with E-state index >= 15 is 8.42 Å². The van der Waals surface area contributed by atoms with Crippen LogP contribution < -0.4 is 0 Å². The number of aromatic nitrogens is 4. The van der Waals surface area contributed by atoms with E-state index in [9.17, 15) is 0 Å². The van der Waals surface area contributed by atoms with Crippen molar-refractivity contribution in [2.45, 2.75) is 15.2 Å². The third-order valence-electron chi connectivity index (χ3n) is 12.7. The van der Waals surface area contributed by atoms with Gasteiger partial charge in [0.05, 0.1) is 54.3 Å². The number of sulfone groups is 1. The molecule has 0 aliphatic carbocycles. The van der Waals surface area contributed by atoms with E-state index in [-0.39, 0.29) is 0 Å². The molecule has 11 aromatic rings. The quantitative estimate of drug-likeness (QED) is 0.179. The van der Waals surface area contributed by atoms with Crippen molar-refractivity contribution in [3.05, 3.63) is 216 Å². The van der Waals surface area contributed by atoms with Crippen molar-refractivity contribution in [2.24, 2.45) is 0 Å². The molecule has 0 saturated heterocycles. The second-order valence-electron chi connectivity index (χ2n) is 15.7. The summed E-state index contributed by atoms with van der Waals surface area (Å²) in [5, 5.41) is 4.05. The van der Waals surface area contributed by atoms with Gasteiger partial charge >= 0.3 is 0 Å². The van der Waals surface area contributed by atoms with E-state index in [1.54, 1.807) is 6.07 Å². The summed E-state index contributed by atoms with van der Waals surface area (Å²) in [6.07, 6.45) is 0. The lowest BCUT2D eigenvalue weighted by Gasteiger charge is -2.45. The third kappa shape index (κ3) is 4.18. The maximum absolute atomic E-state index is 15.3. The smallest absolute Gasteiger partial charge is 0.235 e. The molecule has 6 nitrogen and oxygen atoms in total. The van der Waals surface area contributed by atoms with Crippen LogP contribution in [0.25, 0.3) is 77.8 Å². The molecule has 1 atom stereocenters. The van der Waals surface area contributed by atoms with E-state index in [2.05, 4.69) is 112 Å². The Hall–Kier alpha value is -7.61. The van der Waals surface area contributed by atoms with Gasteiger partial charge in [0.25, 0.3) is 0 Å². The van der Waals surface area contributed by atoms with Gasteiger partial charge in [-0.15, -0.1) is 0 Å². The summed E-state index contributed by atoms with van der Waals surface area (Å²) in [7, 11) is -4.00. The standard InChI is InChI=1S/C53H32N4O2S/c58-60(59)47-29-14-10-24-39(47)53(38-23-9-13-28-45(38)56-43-26-11-7-20-35(43)36-22-15-25-40(53)51(36)56)50-48(60)31-30-46-49(50)37-21-8-12-27-44(37)57(46)52-54-41(33-16-3-1-4-17-33)32-42(55-52)34-18-5-2-6-19-34/h1-32H. The highest BCUT2D eigenvalue weighted by Crippen LogP contribution is 2.61. The fraction of sp³-hybridized carbons (Fsp3) is 0.0189. The summed E-state index contributed by atoms with van der Waals surface area (Å²) in [5.41, 5.74) is 10.9. The van der Waals surface area contributed by atoms with Gasteiger partial charge in [-0.3, -0.25) is 4.57 Å². The van der Waals surface area contributed by atoms with Crippen LogP contribution in [0.5, 0.6) is 0 Å². The summed E-state index contributed by atoms with van der Waals surface area (Å²) < 4.78 is 35.1. The Kier molecular flexibility index (Phi) is 6.66. The highest BCUT2D eigenvalue weighted by molar-refractivity contribution is 7.91. The highest BCUT2D eigenvalue weighted by Gasteiger charge is 2.54. The largest absolute Gasteiger partial charge is 0.309 e. The van der Waals surface area contributed by atoms with Crippen LogP contribution in [-0.2, 0) is 15.3 Å². The Morgan fingerprint density at radius 2 is 1.00 bits per heavy atom. The highest BCUT2D eigenvalue weighted by atomic mass is 32.2. The minimum Gasteiger partial charge on any atom is -0.309 e. The van der Waals surface area contributed by atoms with Crippen LogP contribution in [0, 0.1) is 0 Å². The third-order valence-corrected chi connectivity index (χ3v) is 14.6. The van der Waals surface area contributed by atoms with E-state index in [1.807, 2.05) is 84.9 Å². The molecule has 60 heavy (non-hydrogen) atoms. The van der Waals surface area contributed by atoms with Gasteiger partial charge in [-0.2, -0.15) is 0 Å². The second-order valence-corrected chi connectivity index (χ2v) is 17.6. The molecule has 0 radical (unpaired) electrons. The first-order valence-corrected chi connectivity index (χ1v) is 21.6. The number of hydrogen-bond acceptors (Lipinski definition) is 4. The molecule has 7 heteroatoms. The van der Waals surface area contributed by atoms with Crippen LogP contribution in [-0.4, -0.2) is 27.5 Å². The maximum atomic E-state index is 15.3. The van der Waals surface area contributed by atoms with Gasteiger partial charge in [0, 0.05) is 38.2 Å². The van der Waals surface area contributed by atoms with Crippen molar-refractivity contribution in [3.63, 3.8) is 0 Å². The van der Waals surface area contributed by atoms with Crippen molar-refractivity contribution in [3.8, 4) is 34.2 Å². The summed E-state index contributed by atoms with van der Waals surface area (Å²) >= 11 is 0. The molecule has 1 unspecified atom stereocenters. The van der Waals surface area contributed by atoms with Gasteiger partial charge in [0.1, 0.15) is 0 Å². The van der Waals surface area contributed by atoms with E-state index in [0.717, 1.165) is 94.1 Å². The molecule has 0 fully saturated rings. The molecule has 5 heterocycles. The van der Waals surface area contributed by atoms with Crippen molar-refractivity contribution >= 4 is 53.4 Å². The molecule has 282 valence electrons. The molecule has 0 N–H and O–H groups in total. The Bertz CT molecular complexity index is 3680. The van der Waals surface area contributed by atoms with Crippen LogP contribution in [0.2, 0.25) is 0 Å². The number of benzene rings is 8. The first-order chi connectivity index (χ1) is 29.5. The number of para-hydroxylation sites is 4. The average molecular weight is 789 g/mol. The lowest BCUT2D eigenvalue weighted by molar-refractivity contribution is 0.579. The molecule has 2 aliphatic heterocycles. The molecule has 0 bridgehead atoms. The van der Waals surface area contributed by atoms with Gasteiger partial charge < -0.3 is 4.57 Å². The summed E-state index contributed by atoms with van der Waals surface area (Å²) in [5.74, 6) is 0.501. The fourth-order valence-electron chi connectivity index (χ4n) is 10.4. The maximum Gasteiger partial charge on any atom is 0.235 e. The molecule has 1 spiro atoms. The summed E-state index contributed by atoms with van der Waals surface area (Å²) in [6.45, 7) is 0. The number of hydrogen-bond donors (Lipinski definition) is 0. The molecule has 3 aromatic heterocycles. The second kappa shape index (κ2) is 12.0.